The molecule has 0 bridgehead atoms. The highest BCUT2D eigenvalue weighted by molar-refractivity contribution is 6.10. The molecule has 39 heavy (non-hydrogen) atoms. The standard InChI is InChI=1S/C29H32F3N5O2/c1-19-4-3-7-36(13-19)14-20-8-23(29(30,31)32)10-24(9-20)37-15-21-5-6-22(11-25(21)27(37)38)28(16-39-17-28)12-26-34-33-18-35(26)2/h5-6,8-11,18-19H,3-4,7,12-17H2,1-2H3/t19-/m0/s1. The molecule has 0 radical (unpaired) electrons. The zero-order chi connectivity index (χ0) is 27.4. The molecule has 3 aliphatic rings. The van der Waals surface area contributed by atoms with Gasteiger partial charge in [-0.1, -0.05) is 19.1 Å². The van der Waals surface area contributed by atoms with Crippen LogP contribution in [0.2, 0.25) is 0 Å². The minimum Gasteiger partial charge on any atom is -0.379 e. The van der Waals surface area contributed by atoms with Gasteiger partial charge in [0.1, 0.15) is 12.2 Å². The van der Waals surface area contributed by atoms with Crippen molar-refractivity contribution in [2.45, 2.75) is 50.9 Å². The molecule has 10 heteroatoms. The van der Waals surface area contributed by atoms with Crippen molar-refractivity contribution >= 4 is 11.6 Å². The third-order valence-corrected chi connectivity index (χ3v) is 8.35. The maximum Gasteiger partial charge on any atom is 0.416 e. The Balaban J connectivity index is 1.29. The molecular formula is C29H32F3N5O2. The number of halogens is 3. The molecule has 3 aromatic rings. The quantitative estimate of drug-likeness (QED) is 0.453. The first kappa shape index (κ1) is 26.0. The summed E-state index contributed by atoms with van der Waals surface area (Å²) in [5.74, 6) is 1.06. The molecule has 206 valence electrons. The average molecular weight is 540 g/mol. The summed E-state index contributed by atoms with van der Waals surface area (Å²) in [6, 6.07) is 9.88. The van der Waals surface area contributed by atoms with Gasteiger partial charge in [-0.05, 0) is 66.3 Å². The Kier molecular flexibility index (Phi) is 6.50. The average Bonchev–Trinajstić information content (AvgIpc) is 3.42. The second-order valence-corrected chi connectivity index (χ2v) is 11.4. The third-order valence-electron chi connectivity index (χ3n) is 8.35. The number of nitrogens with zero attached hydrogens (tertiary/aromatic N) is 5. The summed E-state index contributed by atoms with van der Waals surface area (Å²) in [5, 5.41) is 8.19. The van der Waals surface area contributed by atoms with Gasteiger partial charge < -0.3 is 14.2 Å². The lowest BCUT2D eigenvalue weighted by molar-refractivity contribution is -0.137. The van der Waals surface area contributed by atoms with Crippen LogP contribution in [0.15, 0.2) is 42.7 Å². The van der Waals surface area contributed by atoms with Crippen LogP contribution in [0.5, 0.6) is 0 Å². The van der Waals surface area contributed by atoms with Gasteiger partial charge in [0.2, 0.25) is 0 Å². The van der Waals surface area contributed by atoms with Crippen molar-refractivity contribution in [2.24, 2.45) is 13.0 Å². The number of alkyl halides is 3. The largest absolute Gasteiger partial charge is 0.416 e. The smallest absolute Gasteiger partial charge is 0.379 e. The second kappa shape index (κ2) is 9.75. The highest BCUT2D eigenvalue weighted by atomic mass is 19.4. The molecule has 0 aliphatic carbocycles. The summed E-state index contributed by atoms with van der Waals surface area (Å²) >= 11 is 0. The molecule has 0 spiro atoms. The number of rotatable bonds is 6. The minimum atomic E-state index is -4.50. The molecule has 7 nitrogen and oxygen atoms in total. The van der Waals surface area contributed by atoms with Gasteiger partial charge in [-0.15, -0.1) is 10.2 Å². The second-order valence-electron chi connectivity index (χ2n) is 11.4. The number of carbonyl (C=O) groups excluding carboxylic acids is 1. The Bertz CT molecular complexity index is 1400. The van der Waals surface area contributed by atoms with E-state index in [2.05, 4.69) is 22.0 Å². The number of aryl methyl sites for hydroxylation is 1. The lowest BCUT2D eigenvalue weighted by Gasteiger charge is -2.41. The Hall–Kier alpha value is -3.24. The van der Waals surface area contributed by atoms with Crippen molar-refractivity contribution in [2.75, 3.05) is 31.2 Å². The normalized spacial score (nSPS) is 21.2. The summed E-state index contributed by atoms with van der Waals surface area (Å²) in [5.41, 5.74) is 2.12. The first-order valence-corrected chi connectivity index (χ1v) is 13.4. The van der Waals surface area contributed by atoms with E-state index >= 15 is 0 Å². The fourth-order valence-corrected chi connectivity index (χ4v) is 6.10. The number of benzene rings is 2. The molecule has 0 saturated carbocycles. The number of aromatic nitrogens is 3. The van der Waals surface area contributed by atoms with E-state index < -0.39 is 11.7 Å². The first-order chi connectivity index (χ1) is 18.6. The minimum absolute atomic E-state index is 0.239. The van der Waals surface area contributed by atoms with Gasteiger partial charge in [0.15, 0.2) is 0 Å². The lowest BCUT2D eigenvalue weighted by atomic mass is 9.75. The number of hydrogen-bond donors (Lipinski definition) is 0. The summed E-state index contributed by atoms with van der Waals surface area (Å²) in [6.45, 7) is 5.58. The van der Waals surface area contributed by atoms with E-state index in [1.807, 2.05) is 29.8 Å². The summed E-state index contributed by atoms with van der Waals surface area (Å²) in [4.78, 5) is 17.3. The van der Waals surface area contributed by atoms with Crippen molar-refractivity contribution in [3.8, 4) is 0 Å². The molecular weight excluding hydrogens is 507 g/mol. The molecule has 2 saturated heterocycles. The summed E-state index contributed by atoms with van der Waals surface area (Å²) < 4.78 is 49.2. The zero-order valence-corrected chi connectivity index (χ0v) is 22.2. The molecule has 3 aliphatic heterocycles. The Morgan fingerprint density at radius 2 is 1.97 bits per heavy atom. The predicted molar refractivity (Wildman–Crippen MR) is 139 cm³/mol. The van der Waals surface area contributed by atoms with E-state index in [4.69, 9.17) is 4.74 Å². The van der Waals surface area contributed by atoms with E-state index in [0.717, 1.165) is 48.9 Å². The zero-order valence-electron chi connectivity index (χ0n) is 22.2. The monoisotopic (exact) mass is 539 g/mol. The number of piperidine rings is 1. The molecule has 1 amide bonds. The third kappa shape index (κ3) is 4.96. The highest BCUT2D eigenvalue weighted by Gasteiger charge is 2.43. The van der Waals surface area contributed by atoms with E-state index in [-0.39, 0.29) is 23.6 Å². The number of likely N-dealkylation sites (tertiary alicyclic amines) is 1. The van der Waals surface area contributed by atoms with Gasteiger partial charge in [-0.25, -0.2) is 0 Å². The van der Waals surface area contributed by atoms with Crippen molar-refractivity contribution < 1.29 is 22.7 Å². The van der Waals surface area contributed by atoms with Crippen LogP contribution < -0.4 is 4.90 Å². The number of ether oxygens (including phenoxy) is 1. The van der Waals surface area contributed by atoms with Crippen molar-refractivity contribution in [3.05, 3.63) is 76.4 Å². The highest BCUT2D eigenvalue weighted by Crippen LogP contribution is 2.40. The molecule has 6 rings (SSSR count). The first-order valence-electron chi connectivity index (χ1n) is 13.4. The van der Waals surface area contributed by atoms with Crippen molar-refractivity contribution in [1.29, 1.82) is 0 Å². The Morgan fingerprint density at radius 3 is 2.64 bits per heavy atom. The lowest BCUT2D eigenvalue weighted by Crippen LogP contribution is -2.49. The molecule has 2 aromatic carbocycles. The molecule has 4 heterocycles. The van der Waals surface area contributed by atoms with Crippen LogP contribution in [0, 0.1) is 5.92 Å². The molecule has 2 fully saturated rings. The van der Waals surface area contributed by atoms with Crippen LogP contribution in [-0.2, 0) is 42.9 Å². The van der Waals surface area contributed by atoms with Crippen LogP contribution in [0.4, 0.5) is 18.9 Å². The number of carbonyl (C=O) groups is 1. The van der Waals surface area contributed by atoms with Gasteiger partial charge in [0.25, 0.3) is 5.91 Å². The molecule has 0 N–H and O–H groups in total. The van der Waals surface area contributed by atoms with E-state index in [1.54, 1.807) is 12.4 Å². The van der Waals surface area contributed by atoms with E-state index in [1.165, 1.54) is 11.0 Å². The Morgan fingerprint density at radius 1 is 1.15 bits per heavy atom. The maximum absolute atomic E-state index is 13.9. The fraction of sp³-hybridized carbons (Fsp3) is 0.483. The van der Waals surface area contributed by atoms with E-state index in [0.29, 0.717) is 43.2 Å². The summed E-state index contributed by atoms with van der Waals surface area (Å²) in [6.07, 6.45) is -0.0510. The van der Waals surface area contributed by atoms with Gasteiger partial charge in [0, 0.05) is 43.2 Å². The van der Waals surface area contributed by atoms with E-state index in [9.17, 15) is 18.0 Å². The molecule has 1 aromatic heterocycles. The molecule has 1 atom stereocenters. The van der Waals surface area contributed by atoms with Crippen LogP contribution in [0.25, 0.3) is 0 Å². The van der Waals surface area contributed by atoms with Crippen molar-refractivity contribution in [1.82, 2.24) is 19.7 Å². The predicted octanol–water partition coefficient (Wildman–Crippen LogP) is 4.74. The van der Waals surface area contributed by atoms with Gasteiger partial charge >= 0.3 is 6.18 Å². The Labute approximate surface area is 225 Å². The topological polar surface area (TPSA) is 63.5 Å². The fourth-order valence-electron chi connectivity index (χ4n) is 6.10. The number of anilines is 1. The summed E-state index contributed by atoms with van der Waals surface area (Å²) in [7, 11) is 1.89. The number of hydrogen-bond acceptors (Lipinski definition) is 5. The molecule has 0 unspecified atom stereocenters. The van der Waals surface area contributed by atoms with Crippen LogP contribution >= 0.6 is 0 Å². The van der Waals surface area contributed by atoms with Gasteiger partial charge in [-0.2, -0.15) is 13.2 Å². The number of fused-ring (bicyclic) bond motifs is 1. The van der Waals surface area contributed by atoms with Crippen LogP contribution in [-0.4, -0.2) is 51.9 Å². The van der Waals surface area contributed by atoms with Crippen LogP contribution in [0.1, 0.15) is 58.2 Å². The number of amides is 1. The van der Waals surface area contributed by atoms with Crippen molar-refractivity contribution in [3.63, 3.8) is 0 Å². The van der Waals surface area contributed by atoms with Gasteiger partial charge in [0.05, 0.1) is 25.3 Å². The SMILES string of the molecule is C[C@H]1CCCN(Cc2cc(N3Cc4ccc(C5(Cc6nncn6C)COC5)cc4C3=O)cc(C(F)(F)F)c2)C1. The van der Waals surface area contributed by atoms with Crippen LogP contribution in [0.3, 0.4) is 0 Å². The van der Waals surface area contributed by atoms with Gasteiger partial charge in [-0.3, -0.25) is 9.69 Å². The maximum atomic E-state index is 13.9.